The van der Waals surface area contributed by atoms with Gasteiger partial charge in [-0.15, -0.1) is 0 Å². The summed E-state index contributed by atoms with van der Waals surface area (Å²) < 4.78 is 26.4. The molecule has 0 aliphatic carbocycles. The van der Waals surface area contributed by atoms with Crippen LogP contribution in [0.2, 0.25) is 0 Å². The highest BCUT2D eigenvalue weighted by molar-refractivity contribution is 7.90. The third-order valence-electron chi connectivity index (χ3n) is 3.22. The van der Waals surface area contributed by atoms with Crippen LogP contribution in [0.1, 0.15) is 15.9 Å². The summed E-state index contributed by atoms with van der Waals surface area (Å²) in [5.41, 5.74) is 1.17. The molecule has 0 saturated heterocycles. The normalized spacial score (nSPS) is 10.8. The van der Waals surface area contributed by atoms with E-state index in [0.29, 0.717) is 16.8 Å². The van der Waals surface area contributed by atoms with Crippen molar-refractivity contribution >= 4 is 27.6 Å². The second kappa shape index (κ2) is 7.14. The smallest absolute Gasteiger partial charge is 0.333 e. The number of hydrogen-bond donors (Lipinski definition) is 3. The molecule has 7 nitrogen and oxygen atoms in total. The lowest BCUT2D eigenvalue weighted by Gasteiger charge is -2.11. The van der Waals surface area contributed by atoms with Gasteiger partial charge in [0.1, 0.15) is 0 Å². The van der Waals surface area contributed by atoms with Gasteiger partial charge in [-0.25, -0.2) is 17.9 Å². The number of carbonyl (C=O) groups excluding carboxylic acids is 2. The summed E-state index contributed by atoms with van der Waals surface area (Å²) in [4.78, 5) is 23.6. The van der Waals surface area contributed by atoms with Crippen molar-refractivity contribution in [2.75, 3.05) is 12.4 Å². The number of aryl methyl sites for hydroxylation is 1. The van der Waals surface area contributed by atoms with Crippen LogP contribution in [0.5, 0.6) is 0 Å². The number of nitrogens with one attached hydrogen (secondary N) is 3. The Labute approximate surface area is 140 Å². The van der Waals surface area contributed by atoms with Crippen LogP contribution in [-0.2, 0) is 10.0 Å². The third kappa shape index (κ3) is 4.11. The number of benzene rings is 2. The van der Waals surface area contributed by atoms with Gasteiger partial charge >= 0.3 is 6.03 Å². The maximum atomic E-state index is 12.2. The zero-order valence-corrected chi connectivity index (χ0v) is 14.0. The van der Waals surface area contributed by atoms with Crippen LogP contribution in [0, 0.1) is 6.92 Å². The van der Waals surface area contributed by atoms with Crippen LogP contribution < -0.4 is 15.4 Å². The number of carbonyl (C=O) groups is 2. The van der Waals surface area contributed by atoms with Gasteiger partial charge < -0.3 is 10.6 Å². The number of sulfonamides is 1. The van der Waals surface area contributed by atoms with Crippen LogP contribution >= 0.6 is 0 Å². The molecular formula is C16H17N3O4S. The van der Waals surface area contributed by atoms with Crippen LogP contribution in [-0.4, -0.2) is 27.4 Å². The number of hydrogen-bond acceptors (Lipinski definition) is 4. The van der Waals surface area contributed by atoms with E-state index in [2.05, 4.69) is 10.6 Å². The van der Waals surface area contributed by atoms with Gasteiger partial charge in [-0.1, -0.05) is 24.3 Å². The van der Waals surface area contributed by atoms with Gasteiger partial charge in [0.15, 0.2) is 0 Å². The molecule has 0 spiro atoms. The number of amides is 3. The van der Waals surface area contributed by atoms with Crippen molar-refractivity contribution in [3.8, 4) is 0 Å². The van der Waals surface area contributed by atoms with E-state index < -0.39 is 16.1 Å². The molecule has 3 amide bonds. The minimum atomic E-state index is -3.98. The Morgan fingerprint density at radius 3 is 2.38 bits per heavy atom. The first kappa shape index (κ1) is 17.5. The van der Waals surface area contributed by atoms with E-state index in [0.717, 1.165) is 0 Å². The third-order valence-corrected chi connectivity index (χ3v) is 4.71. The largest absolute Gasteiger partial charge is 0.355 e. The summed E-state index contributed by atoms with van der Waals surface area (Å²) in [6, 6.07) is 11.6. The first-order valence-electron chi connectivity index (χ1n) is 7.05. The van der Waals surface area contributed by atoms with Gasteiger partial charge in [0.05, 0.1) is 4.90 Å². The first-order chi connectivity index (χ1) is 11.3. The zero-order valence-electron chi connectivity index (χ0n) is 13.2. The molecule has 0 saturated carbocycles. The van der Waals surface area contributed by atoms with E-state index in [1.54, 1.807) is 43.3 Å². The highest BCUT2D eigenvalue weighted by atomic mass is 32.2. The second-order valence-corrected chi connectivity index (χ2v) is 6.64. The van der Waals surface area contributed by atoms with Crippen molar-refractivity contribution in [3.63, 3.8) is 0 Å². The van der Waals surface area contributed by atoms with E-state index in [1.165, 1.54) is 19.2 Å². The van der Waals surface area contributed by atoms with Crippen molar-refractivity contribution < 1.29 is 18.0 Å². The second-order valence-electron chi connectivity index (χ2n) is 4.99. The van der Waals surface area contributed by atoms with Crippen LogP contribution in [0.4, 0.5) is 10.5 Å². The van der Waals surface area contributed by atoms with E-state index in [9.17, 15) is 18.0 Å². The molecule has 0 radical (unpaired) electrons. The van der Waals surface area contributed by atoms with E-state index >= 15 is 0 Å². The van der Waals surface area contributed by atoms with Crippen molar-refractivity contribution in [1.82, 2.24) is 10.0 Å². The lowest BCUT2D eigenvalue weighted by Crippen LogP contribution is -2.34. The number of rotatable bonds is 4. The maximum absolute atomic E-state index is 12.2. The highest BCUT2D eigenvalue weighted by Gasteiger charge is 2.19. The van der Waals surface area contributed by atoms with Crippen LogP contribution in [0.25, 0.3) is 0 Å². The van der Waals surface area contributed by atoms with Crippen molar-refractivity contribution in [2.24, 2.45) is 0 Å². The molecule has 0 unspecified atom stereocenters. The molecule has 8 heteroatoms. The van der Waals surface area contributed by atoms with Crippen LogP contribution in [0.15, 0.2) is 53.4 Å². The Bertz CT molecular complexity index is 878. The molecule has 2 rings (SSSR count). The quantitative estimate of drug-likeness (QED) is 0.785. The van der Waals surface area contributed by atoms with Crippen molar-refractivity contribution in [2.45, 2.75) is 11.8 Å². The van der Waals surface area contributed by atoms with Gasteiger partial charge in [-0.3, -0.25) is 4.79 Å². The first-order valence-corrected chi connectivity index (χ1v) is 8.53. The molecule has 0 heterocycles. The Balaban J connectivity index is 2.14. The highest BCUT2D eigenvalue weighted by Crippen LogP contribution is 2.15. The monoisotopic (exact) mass is 347 g/mol. The van der Waals surface area contributed by atoms with Gasteiger partial charge in [0.2, 0.25) is 0 Å². The average molecular weight is 347 g/mol. The molecule has 24 heavy (non-hydrogen) atoms. The maximum Gasteiger partial charge on any atom is 0.333 e. The Morgan fingerprint density at radius 1 is 1.00 bits per heavy atom. The molecule has 0 fully saturated rings. The predicted octanol–water partition coefficient (Wildman–Crippen LogP) is 1.87. The molecule has 0 bridgehead atoms. The summed E-state index contributed by atoms with van der Waals surface area (Å²) >= 11 is 0. The topological polar surface area (TPSA) is 104 Å². The minimum Gasteiger partial charge on any atom is -0.355 e. The molecule has 2 aromatic carbocycles. The van der Waals surface area contributed by atoms with Gasteiger partial charge in [-0.05, 0) is 36.8 Å². The SMILES string of the molecule is CNC(=O)c1cccc(NC(=O)NS(=O)(=O)c2ccccc2C)c1. The summed E-state index contributed by atoms with van der Waals surface area (Å²) in [5.74, 6) is -0.313. The average Bonchev–Trinajstić information content (AvgIpc) is 2.54. The summed E-state index contributed by atoms with van der Waals surface area (Å²) in [6.45, 7) is 1.64. The summed E-state index contributed by atoms with van der Waals surface area (Å²) in [7, 11) is -2.49. The molecule has 126 valence electrons. The molecule has 0 aliphatic heterocycles. The van der Waals surface area contributed by atoms with Gasteiger partial charge in [0.25, 0.3) is 15.9 Å². The molecule has 0 aromatic heterocycles. The summed E-state index contributed by atoms with van der Waals surface area (Å²) in [6.07, 6.45) is 0. The predicted molar refractivity (Wildman–Crippen MR) is 90.4 cm³/mol. The van der Waals surface area contributed by atoms with E-state index in [4.69, 9.17) is 0 Å². The fourth-order valence-corrected chi connectivity index (χ4v) is 3.23. The fourth-order valence-electron chi connectivity index (χ4n) is 2.07. The number of anilines is 1. The Kier molecular flexibility index (Phi) is 5.20. The zero-order chi connectivity index (χ0) is 17.7. The summed E-state index contributed by atoms with van der Waals surface area (Å²) in [5, 5.41) is 4.86. The molecule has 0 atom stereocenters. The van der Waals surface area contributed by atoms with Crippen molar-refractivity contribution in [3.05, 3.63) is 59.7 Å². The number of urea groups is 1. The lowest BCUT2D eigenvalue weighted by atomic mass is 10.2. The van der Waals surface area contributed by atoms with E-state index in [-0.39, 0.29) is 10.8 Å². The van der Waals surface area contributed by atoms with Gasteiger partial charge in [0, 0.05) is 18.3 Å². The fraction of sp³-hybridized carbons (Fsp3) is 0.125. The van der Waals surface area contributed by atoms with Crippen molar-refractivity contribution in [1.29, 1.82) is 0 Å². The Hall–Kier alpha value is -2.87. The molecular weight excluding hydrogens is 330 g/mol. The van der Waals surface area contributed by atoms with E-state index in [1.807, 2.05) is 4.72 Å². The molecule has 2 aromatic rings. The molecule has 0 aliphatic rings. The Morgan fingerprint density at radius 2 is 1.71 bits per heavy atom. The minimum absolute atomic E-state index is 0.0271. The standard InChI is InChI=1S/C16H17N3O4S/c1-11-6-3-4-9-14(11)24(22,23)19-16(21)18-13-8-5-7-12(10-13)15(20)17-2/h3-10H,1-2H3,(H,17,20)(H2,18,19,21). The molecule has 3 N–H and O–H groups in total. The lowest BCUT2D eigenvalue weighted by molar-refractivity contribution is 0.0963. The van der Waals surface area contributed by atoms with Crippen LogP contribution in [0.3, 0.4) is 0 Å². The van der Waals surface area contributed by atoms with Gasteiger partial charge in [-0.2, -0.15) is 0 Å².